The number of nitrogens with one attached hydrogen (secondary N) is 2. The van der Waals surface area contributed by atoms with Gasteiger partial charge in [-0.3, -0.25) is 4.79 Å². The lowest BCUT2D eigenvalue weighted by Gasteiger charge is -2.09. The van der Waals surface area contributed by atoms with Crippen LogP contribution >= 0.6 is 11.6 Å². The van der Waals surface area contributed by atoms with Crippen molar-refractivity contribution in [3.63, 3.8) is 0 Å². The lowest BCUT2D eigenvalue weighted by molar-refractivity contribution is -0.114. The van der Waals surface area contributed by atoms with Crippen LogP contribution in [-0.2, 0) is 4.79 Å². The molecule has 2 rings (SSSR count). The van der Waals surface area contributed by atoms with E-state index < -0.39 is 0 Å². The van der Waals surface area contributed by atoms with Gasteiger partial charge in [-0.1, -0.05) is 17.7 Å². The van der Waals surface area contributed by atoms with Crippen LogP contribution in [0, 0.1) is 0 Å². The van der Waals surface area contributed by atoms with E-state index in [0.29, 0.717) is 17.3 Å². The van der Waals surface area contributed by atoms with Crippen LogP contribution in [0.5, 0.6) is 5.75 Å². The van der Waals surface area contributed by atoms with Gasteiger partial charge in [0.05, 0.1) is 13.2 Å². The quantitative estimate of drug-likeness (QED) is 0.853. The smallest absolute Gasteiger partial charge is 0.243 e. The third-order valence-corrected chi connectivity index (χ3v) is 2.98. The maximum Gasteiger partial charge on any atom is 0.243 e. The highest BCUT2D eigenvalue weighted by atomic mass is 35.5. The zero-order valence-corrected chi connectivity index (χ0v) is 12.5. The Morgan fingerprint density at radius 3 is 2.62 bits per heavy atom. The molecule has 0 aliphatic heterocycles. The van der Waals surface area contributed by atoms with Crippen molar-refractivity contribution in [2.75, 3.05) is 23.8 Å². The molecule has 0 heterocycles. The van der Waals surface area contributed by atoms with Crippen molar-refractivity contribution in [3.05, 3.63) is 53.6 Å². The number of hydrogen-bond donors (Lipinski definition) is 2. The molecule has 0 radical (unpaired) electrons. The Labute approximate surface area is 129 Å². The van der Waals surface area contributed by atoms with E-state index in [1.54, 1.807) is 18.2 Å². The van der Waals surface area contributed by atoms with E-state index in [-0.39, 0.29) is 12.5 Å². The number of carbonyl (C=O) groups excluding carboxylic acids is 1. The second-order valence-electron chi connectivity index (χ2n) is 4.37. The molecule has 0 unspecified atom stereocenters. The summed E-state index contributed by atoms with van der Waals surface area (Å²) in [6.45, 7) is 2.69. The highest BCUT2D eigenvalue weighted by molar-refractivity contribution is 6.30. The number of carbonyl (C=O) groups is 1. The second kappa shape index (κ2) is 7.55. The van der Waals surface area contributed by atoms with E-state index in [9.17, 15) is 4.79 Å². The molecular weight excluding hydrogens is 288 g/mol. The predicted molar refractivity (Wildman–Crippen MR) is 86.2 cm³/mol. The lowest BCUT2D eigenvalue weighted by atomic mass is 10.3. The standard InChI is InChI=1S/C16H17ClN2O2/c1-2-21-15-5-3-4-14(10-15)19-16(20)11-18-13-8-6-12(17)7-9-13/h3-10,18H,2,11H2,1H3,(H,19,20). The summed E-state index contributed by atoms with van der Waals surface area (Å²) >= 11 is 5.80. The van der Waals surface area contributed by atoms with Gasteiger partial charge in [0.2, 0.25) is 5.91 Å². The molecule has 5 heteroatoms. The van der Waals surface area contributed by atoms with Crippen molar-refractivity contribution in [1.82, 2.24) is 0 Å². The topological polar surface area (TPSA) is 50.4 Å². The van der Waals surface area contributed by atoms with Gasteiger partial charge in [-0.05, 0) is 43.3 Å². The molecule has 4 nitrogen and oxygen atoms in total. The first-order chi connectivity index (χ1) is 10.2. The number of anilines is 2. The number of halogens is 1. The highest BCUT2D eigenvalue weighted by Crippen LogP contribution is 2.17. The van der Waals surface area contributed by atoms with E-state index in [2.05, 4.69) is 10.6 Å². The van der Waals surface area contributed by atoms with Crippen LogP contribution in [0.1, 0.15) is 6.92 Å². The Bertz CT molecular complexity index is 599. The highest BCUT2D eigenvalue weighted by Gasteiger charge is 2.03. The van der Waals surface area contributed by atoms with Gasteiger partial charge in [0.25, 0.3) is 0 Å². The average molecular weight is 305 g/mol. The molecule has 0 aliphatic carbocycles. The average Bonchev–Trinajstić information content (AvgIpc) is 2.47. The van der Waals surface area contributed by atoms with Crippen LogP contribution in [0.2, 0.25) is 5.02 Å². The summed E-state index contributed by atoms with van der Waals surface area (Å²) in [5.74, 6) is 0.611. The third kappa shape index (κ3) is 5.00. The summed E-state index contributed by atoms with van der Waals surface area (Å²) in [4.78, 5) is 11.9. The van der Waals surface area contributed by atoms with Crippen LogP contribution in [0.15, 0.2) is 48.5 Å². The van der Waals surface area contributed by atoms with Crippen molar-refractivity contribution in [3.8, 4) is 5.75 Å². The molecule has 21 heavy (non-hydrogen) atoms. The molecule has 2 aromatic carbocycles. The Morgan fingerprint density at radius 2 is 1.90 bits per heavy atom. The minimum absolute atomic E-state index is 0.126. The van der Waals surface area contributed by atoms with Crippen LogP contribution in [0.4, 0.5) is 11.4 Å². The van der Waals surface area contributed by atoms with Gasteiger partial charge >= 0.3 is 0 Å². The van der Waals surface area contributed by atoms with E-state index in [1.165, 1.54) is 0 Å². The fourth-order valence-electron chi connectivity index (χ4n) is 1.79. The zero-order chi connectivity index (χ0) is 15.1. The molecule has 0 aromatic heterocycles. The summed E-state index contributed by atoms with van der Waals surface area (Å²) in [5.41, 5.74) is 1.56. The van der Waals surface area contributed by atoms with E-state index in [4.69, 9.17) is 16.3 Å². The van der Waals surface area contributed by atoms with E-state index in [1.807, 2.05) is 37.3 Å². The third-order valence-electron chi connectivity index (χ3n) is 2.73. The normalized spacial score (nSPS) is 10.0. The molecule has 0 saturated carbocycles. The molecule has 2 aromatic rings. The molecule has 0 aliphatic rings. The number of hydrogen-bond acceptors (Lipinski definition) is 3. The SMILES string of the molecule is CCOc1cccc(NC(=O)CNc2ccc(Cl)cc2)c1. The summed E-state index contributed by atoms with van der Waals surface area (Å²) in [6, 6.07) is 14.5. The molecule has 0 bridgehead atoms. The van der Waals surface area contributed by atoms with Gasteiger partial charge in [0.15, 0.2) is 0 Å². The number of benzene rings is 2. The number of ether oxygens (including phenoxy) is 1. The largest absolute Gasteiger partial charge is 0.494 e. The van der Waals surface area contributed by atoms with Crippen LogP contribution in [-0.4, -0.2) is 19.1 Å². The van der Waals surface area contributed by atoms with Gasteiger partial charge in [-0.25, -0.2) is 0 Å². The fourth-order valence-corrected chi connectivity index (χ4v) is 1.91. The lowest BCUT2D eigenvalue weighted by Crippen LogP contribution is -2.21. The fraction of sp³-hybridized carbons (Fsp3) is 0.188. The zero-order valence-electron chi connectivity index (χ0n) is 11.7. The van der Waals surface area contributed by atoms with Gasteiger partial charge < -0.3 is 15.4 Å². The van der Waals surface area contributed by atoms with Crippen LogP contribution in [0.3, 0.4) is 0 Å². The molecule has 0 atom stereocenters. The summed E-state index contributed by atoms with van der Waals surface area (Å²) in [5, 5.41) is 6.51. The second-order valence-corrected chi connectivity index (χ2v) is 4.81. The van der Waals surface area contributed by atoms with Crippen molar-refractivity contribution < 1.29 is 9.53 Å². The first-order valence-corrected chi connectivity index (χ1v) is 7.07. The Balaban J connectivity index is 1.86. The van der Waals surface area contributed by atoms with E-state index >= 15 is 0 Å². The molecule has 110 valence electrons. The van der Waals surface area contributed by atoms with E-state index in [0.717, 1.165) is 11.4 Å². The molecule has 2 N–H and O–H groups in total. The first kappa shape index (κ1) is 15.2. The minimum Gasteiger partial charge on any atom is -0.494 e. The Kier molecular flexibility index (Phi) is 5.46. The number of rotatable bonds is 6. The summed E-state index contributed by atoms with van der Waals surface area (Å²) in [6.07, 6.45) is 0. The molecule has 0 saturated heterocycles. The van der Waals surface area contributed by atoms with Gasteiger partial charge in [0, 0.05) is 22.5 Å². The Morgan fingerprint density at radius 1 is 1.14 bits per heavy atom. The van der Waals surface area contributed by atoms with Gasteiger partial charge in [-0.2, -0.15) is 0 Å². The summed E-state index contributed by atoms with van der Waals surface area (Å²) < 4.78 is 5.39. The maximum atomic E-state index is 11.9. The van der Waals surface area contributed by atoms with Crippen molar-refractivity contribution >= 4 is 28.9 Å². The first-order valence-electron chi connectivity index (χ1n) is 6.69. The maximum absolute atomic E-state index is 11.9. The molecular formula is C16H17ClN2O2. The molecule has 0 spiro atoms. The van der Waals surface area contributed by atoms with Gasteiger partial charge in [-0.15, -0.1) is 0 Å². The molecule has 1 amide bonds. The summed E-state index contributed by atoms with van der Waals surface area (Å²) in [7, 11) is 0. The predicted octanol–water partition coefficient (Wildman–Crippen LogP) is 3.79. The molecule has 0 fully saturated rings. The van der Waals surface area contributed by atoms with Crippen LogP contribution in [0.25, 0.3) is 0 Å². The van der Waals surface area contributed by atoms with Crippen molar-refractivity contribution in [2.24, 2.45) is 0 Å². The van der Waals surface area contributed by atoms with Crippen molar-refractivity contribution in [1.29, 1.82) is 0 Å². The van der Waals surface area contributed by atoms with Crippen molar-refractivity contribution in [2.45, 2.75) is 6.92 Å². The monoisotopic (exact) mass is 304 g/mol. The Hall–Kier alpha value is -2.20. The van der Waals surface area contributed by atoms with Gasteiger partial charge in [0.1, 0.15) is 5.75 Å². The minimum atomic E-state index is -0.126. The number of amides is 1. The van der Waals surface area contributed by atoms with Crippen LogP contribution < -0.4 is 15.4 Å².